The van der Waals surface area contributed by atoms with Gasteiger partial charge < -0.3 is 23.0 Å². The Bertz CT molecular complexity index is 179. The van der Waals surface area contributed by atoms with Gasteiger partial charge in [0.15, 0.2) is 0 Å². The molecule has 0 saturated heterocycles. The Morgan fingerprint density at radius 3 is 1.60 bits per heavy atom. The summed E-state index contributed by atoms with van der Waals surface area (Å²) in [5.41, 5.74) is 0. The molecule has 1 fully saturated rings. The zero-order valence-corrected chi connectivity index (χ0v) is 17.9. The van der Waals surface area contributed by atoms with Gasteiger partial charge in [0, 0.05) is 0 Å². The maximum atomic E-state index is 4.56. The first kappa shape index (κ1) is 28.9. The minimum atomic E-state index is -1.16. The molecule has 2 atom stereocenters. The number of nitrogens with zero attached hydrogens (tertiary/aromatic N) is 3. The van der Waals surface area contributed by atoms with E-state index in [9.17, 15) is 0 Å². The van der Waals surface area contributed by atoms with E-state index in [0.29, 0.717) is 0 Å². The zero-order valence-electron chi connectivity index (χ0n) is 15.3. The van der Waals surface area contributed by atoms with Crippen LogP contribution in [0.5, 0.6) is 0 Å². The van der Waals surface area contributed by atoms with Crippen LogP contribution in [-0.2, 0) is 21.7 Å². The van der Waals surface area contributed by atoms with Crippen molar-refractivity contribution in [3.8, 4) is 0 Å². The second-order valence-electron chi connectivity index (χ2n) is 5.80. The molecule has 0 spiro atoms. The van der Waals surface area contributed by atoms with Gasteiger partial charge in [-0.3, -0.25) is 0 Å². The second kappa shape index (κ2) is 17.9. The molecule has 120 valence electrons. The quantitative estimate of drug-likeness (QED) is 0.495. The van der Waals surface area contributed by atoms with Gasteiger partial charge in [-0.2, -0.15) is 35.2 Å². The van der Waals surface area contributed by atoms with Crippen LogP contribution in [0.25, 0.3) is 15.6 Å². The molecule has 1 unspecified atom stereocenters. The molecule has 0 aromatic heterocycles. The van der Waals surface area contributed by atoms with E-state index in [1.54, 1.807) is 28.2 Å². The first-order valence-electron chi connectivity index (χ1n) is 6.95. The van der Waals surface area contributed by atoms with Crippen LogP contribution in [0.15, 0.2) is 0 Å². The van der Waals surface area contributed by atoms with Crippen molar-refractivity contribution in [3.05, 3.63) is 23.0 Å². The summed E-state index contributed by atoms with van der Waals surface area (Å²) < 4.78 is 0. The van der Waals surface area contributed by atoms with Gasteiger partial charge in [-0.25, -0.2) is 0 Å². The zero-order chi connectivity index (χ0) is 14.6. The van der Waals surface area contributed by atoms with Crippen molar-refractivity contribution in [1.82, 2.24) is 0 Å². The molecular weight excluding hydrogens is 298 g/mol. The molecule has 0 aliphatic heterocycles. The van der Waals surface area contributed by atoms with Gasteiger partial charge in [0.25, 0.3) is 0 Å². The molecule has 20 heavy (non-hydrogen) atoms. The summed E-state index contributed by atoms with van der Waals surface area (Å²) in [6, 6.07) is 1.42. The van der Waals surface area contributed by atoms with E-state index in [0.717, 1.165) is 11.8 Å². The van der Waals surface area contributed by atoms with E-state index in [2.05, 4.69) is 35.6 Å². The summed E-state index contributed by atoms with van der Waals surface area (Å²) in [7, 11) is 7.85. The Morgan fingerprint density at radius 1 is 0.950 bits per heavy atom. The van der Waals surface area contributed by atoms with Crippen molar-refractivity contribution >= 4 is 8.24 Å². The predicted octanol–water partition coefficient (Wildman–Crippen LogP) is 5.32. The first-order chi connectivity index (χ1) is 8.38. The Balaban J connectivity index is -0.000000139. The molecule has 0 bridgehead atoms. The van der Waals surface area contributed by atoms with Gasteiger partial charge in [-0.05, 0) is 11.8 Å². The van der Waals surface area contributed by atoms with Crippen LogP contribution in [0.4, 0.5) is 0 Å². The van der Waals surface area contributed by atoms with E-state index < -0.39 is 8.24 Å². The third-order valence-corrected chi connectivity index (χ3v) is 6.14. The standard InChI is InChI=1S/C10H22NSi.2C2H6N.CH3.Ti/c1-9-6-5-7-10(9)8-12(3,4)11-2;2*1-3-2;;/h9-10H,5-8H2,1-4H3;2*1-2H3;1H3;/q4*-1;+4/t9-,10?;;;;/m0..../s1. The molecule has 1 saturated carbocycles. The number of hydrogen-bond acceptors (Lipinski definition) is 0. The average Bonchev–Trinajstić information content (AvgIpc) is 2.66. The smallest absolute Gasteiger partial charge is 0.668 e. The van der Waals surface area contributed by atoms with E-state index in [1.807, 2.05) is 7.05 Å². The summed E-state index contributed by atoms with van der Waals surface area (Å²) in [5, 5.41) is 7.00. The van der Waals surface area contributed by atoms with Crippen LogP contribution < -0.4 is 0 Å². The summed E-state index contributed by atoms with van der Waals surface area (Å²) in [4.78, 5) is 4.56. The van der Waals surface area contributed by atoms with Crippen LogP contribution in [0.3, 0.4) is 0 Å². The van der Waals surface area contributed by atoms with Crippen LogP contribution in [-0.4, -0.2) is 43.5 Å². The van der Waals surface area contributed by atoms with Crippen molar-refractivity contribution in [1.29, 1.82) is 0 Å². The number of rotatable bonds is 3. The summed E-state index contributed by atoms with van der Waals surface area (Å²) >= 11 is 0. The minimum Gasteiger partial charge on any atom is -0.668 e. The topological polar surface area (TPSA) is 42.3 Å². The predicted molar refractivity (Wildman–Crippen MR) is 94.9 cm³/mol. The molecule has 3 nitrogen and oxygen atoms in total. The Hall–Kier alpha value is 0.811. The fourth-order valence-corrected chi connectivity index (χ4v) is 4.33. The molecular formula is C15H37N3SiTi. The molecule has 0 heterocycles. The molecule has 0 amide bonds. The monoisotopic (exact) mass is 335 g/mol. The summed E-state index contributed by atoms with van der Waals surface area (Å²) in [6.07, 6.45) is 4.38. The SMILES string of the molecule is C[N-]C.C[N-]C.C[N-][Si](C)(C)CC1CCC[C@@H]1C.[CH3-].[Ti+4]. The van der Waals surface area contributed by atoms with Crippen LogP contribution in [0, 0.1) is 19.3 Å². The molecule has 1 aliphatic rings. The van der Waals surface area contributed by atoms with Crippen LogP contribution >= 0.6 is 0 Å². The van der Waals surface area contributed by atoms with E-state index >= 15 is 0 Å². The molecule has 1 rings (SSSR count). The largest absolute Gasteiger partial charge is 4.00 e. The van der Waals surface area contributed by atoms with E-state index in [4.69, 9.17) is 0 Å². The third-order valence-electron chi connectivity index (χ3n) is 3.41. The number of hydrogen-bond donors (Lipinski definition) is 0. The van der Waals surface area contributed by atoms with E-state index in [1.165, 1.54) is 25.3 Å². The fourth-order valence-electron chi connectivity index (χ4n) is 2.26. The van der Waals surface area contributed by atoms with Crippen molar-refractivity contribution in [2.45, 2.75) is 45.3 Å². The third kappa shape index (κ3) is 16.9. The normalized spacial score (nSPS) is 20.4. The minimum absolute atomic E-state index is 0. The molecule has 0 radical (unpaired) electrons. The second-order valence-corrected chi connectivity index (χ2v) is 10.3. The molecule has 0 N–H and O–H groups in total. The van der Waals surface area contributed by atoms with Crippen molar-refractivity contribution in [3.63, 3.8) is 0 Å². The maximum absolute atomic E-state index is 4.56. The van der Waals surface area contributed by atoms with Gasteiger partial charge >= 0.3 is 21.7 Å². The molecule has 0 aromatic rings. The van der Waals surface area contributed by atoms with Gasteiger partial charge in [0.05, 0.1) is 0 Å². The van der Waals surface area contributed by atoms with Gasteiger partial charge in [-0.1, -0.05) is 53.6 Å². The Labute approximate surface area is 145 Å². The van der Waals surface area contributed by atoms with Gasteiger partial charge in [-0.15, -0.1) is 0 Å². The van der Waals surface area contributed by atoms with Crippen LogP contribution in [0.2, 0.25) is 19.1 Å². The summed E-state index contributed by atoms with van der Waals surface area (Å²) in [5.74, 6) is 1.97. The fraction of sp³-hybridized carbons (Fsp3) is 0.933. The Morgan fingerprint density at radius 2 is 1.35 bits per heavy atom. The average molecular weight is 335 g/mol. The Kier molecular flexibility index (Phi) is 25.8. The van der Waals surface area contributed by atoms with Crippen molar-refractivity contribution < 1.29 is 21.7 Å². The molecule has 5 heteroatoms. The van der Waals surface area contributed by atoms with Gasteiger partial charge in [0.2, 0.25) is 0 Å². The summed E-state index contributed by atoms with van der Waals surface area (Å²) in [6.45, 7) is 7.19. The van der Waals surface area contributed by atoms with Gasteiger partial charge in [0.1, 0.15) is 0 Å². The van der Waals surface area contributed by atoms with Crippen molar-refractivity contribution in [2.75, 3.05) is 35.2 Å². The molecule has 0 aromatic carbocycles. The maximum Gasteiger partial charge on any atom is 4.00 e. The van der Waals surface area contributed by atoms with Crippen molar-refractivity contribution in [2.24, 2.45) is 11.8 Å². The first-order valence-corrected chi connectivity index (χ1v) is 10.1. The van der Waals surface area contributed by atoms with Crippen LogP contribution in [0.1, 0.15) is 26.2 Å². The van der Waals surface area contributed by atoms with E-state index in [-0.39, 0.29) is 29.1 Å². The molecule has 1 aliphatic carbocycles.